The van der Waals surface area contributed by atoms with E-state index in [0.29, 0.717) is 0 Å². The van der Waals surface area contributed by atoms with Gasteiger partial charge in [-0.05, 0) is 47.9 Å². The van der Waals surface area contributed by atoms with E-state index in [9.17, 15) is 0 Å². The molecule has 21 heavy (non-hydrogen) atoms. The molecule has 0 spiro atoms. The Labute approximate surface area is 140 Å². The fourth-order valence-electron chi connectivity index (χ4n) is 2.22. The van der Waals surface area contributed by atoms with Gasteiger partial charge in [-0.15, -0.1) is 0 Å². The highest BCUT2D eigenvalue weighted by molar-refractivity contribution is 14.1. The summed E-state index contributed by atoms with van der Waals surface area (Å²) in [5, 5.41) is 3.42. The zero-order chi connectivity index (χ0) is 15.2. The number of hydrogen-bond donors (Lipinski definition) is 1. The summed E-state index contributed by atoms with van der Waals surface area (Å²) in [6, 6.07) is 8.55. The van der Waals surface area contributed by atoms with Crippen LogP contribution in [0, 0.1) is 10.5 Å². The third kappa shape index (κ3) is 4.40. The van der Waals surface area contributed by atoms with Crippen LogP contribution in [0.25, 0.3) is 0 Å². The molecule has 0 unspecified atom stereocenters. The molecule has 0 amide bonds. The number of halogens is 1. The first-order chi connectivity index (χ1) is 10.1. The molecule has 0 aliphatic rings. The summed E-state index contributed by atoms with van der Waals surface area (Å²) in [5.74, 6) is 1.88. The Morgan fingerprint density at radius 3 is 2.67 bits per heavy atom. The number of anilines is 1. The van der Waals surface area contributed by atoms with E-state index in [2.05, 4.69) is 72.9 Å². The van der Waals surface area contributed by atoms with Crippen LogP contribution in [0.2, 0.25) is 0 Å². The van der Waals surface area contributed by atoms with Crippen molar-refractivity contribution in [3.05, 3.63) is 50.5 Å². The second kappa shape index (κ2) is 7.73. The van der Waals surface area contributed by atoms with Crippen molar-refractivity contribution in [3.63, 3.8) is 0 Å². The number of aryl methyl sites for hydroxylation is 2. The van der Waals surface area contributed by atoms with Gasteiger partial charge in [0, 0.05) is 13.0 Å². The average Bonchev–Trinajstić information content (AvgIpc) is 2.47. The maximum atomic E-state index is 4.73. The van der Waals surface area contributed by atoms with Crippen molar-refractivity contribution in [2.45, 2.75) is 40.0 Å². The summed E-state index contributed by atoms with van der Waals surface area (Å²) in [6.07, 6.45) is 2.81. The summed E-state index contributed by atoms with van der Waals surface area (Å²) in [4.78, 5) is 9.44. The normalized spacial score (nSPS) is 10.7. The van der Waals surface area contributed by atoms with Crippen molar-refractivity contribution in [1.29, 1.82) is 0 Å². The SMILES string of the molecule is CCCNc1nc(Cc2cccc(C)c2)nc(CC)c1I. The van der Waals surface area contributed by atoms with Crippen LogP contribution >= 0.6 is 22.6 Å². The molecular formula is C17H22IN3. The summed E-state index contributed by atoms with van der Waals surface area (Å²) >= 11 is 2.35. The maximum Gasteiger partial charge on any atom is 0.143 e. The number of nitrogens with one attached hydrogen (secondary N) is 1. The zero-order valence-corrected chi connectivity index (χ0v) is 15.1. The molecule has 1 N–H and O–H groups in total. The van der Waals surface area contributed by atoms with Gasteiger partial charge < -0.3 is 5.32 Å². The molecule has 0 aliphatic carbocycles. The van der Waals surface area contributed by atoms with Crippen molar-refractivity contribution in [2.24, 2.45) is 0 Å². The Morgan fingerprint density at radius 1 is 1.19 bits per heavy atom. The molecule has 1 heterocycles. The van der Waals surface area contributed by atoms with Crippen LogP contribution in [0.4, 0.5) is 5.82 Å². The second-order valence-corrected chi connectivity index (χ2v) is 6.27. The van der Waals surface area contributed by atoms with Gasteiger partial charge in [-0.3, -0.25) is 0 Å². The number of nitrogens with zero attached hydrogens (tertiary/aromatic N) is 2. The van der Waals surface area contributed by atoms with Crippen molar-refractivity contribution >= 4 is 28.4 Å². The van der Waals surface area contributed by atoms with Crippen molar-refractivity contribution in [3.8, 4) is 0 Å². The third-order valence-corrected chi connectivity index (χ3v) is 4.42. The van der Waals surface area contributed by atoms with E-state index in [1.165, 1.54) is 11.1 Å². The molecule has 0 atom stereocenters. The van der Waals surface area contributed by atoms with Gasteiger partial charge in [-0.2, -0.15) is 0 Å². The Hall–Kier alpha value is -1.17. The molecule has 112 valence electrons. The smallest absolute Gasteiger partial charge is 0.143 e. The van der Waals surface area contributed by atoms with Gasteiger partial charge in [0.1, 0.15) is 11.6 Å². The fourth-order valence-corrected chi connectivity index (χ4v) is 3.04. The molecule has 0 saturated heterocycles. The molecule has 0 fully saturated rings. The van der Waals surface area contributed by atoms with E-state index >= 15 is 0 Å². The minimum Gasteiger partial charge on any atom is -0.369 e. The lowest BCUT2D eigenvalue weighted by Crippen LogP contribution is -2.10. The Balaban J connectivity index is 2.30. The number of rotatable bonds is 6. The van der Waals surface area contributed by atoms with Crippen LogP contribution in [0.1, 0.15) is 42.9 Å². The summed E-state index contributed by atoms with van der Waals surface area (Å²) < 4.78 is 1.15. The first kappa shape index (κ1) is 16.2. The van der Waals surface area contributed by atoms with Gasteiger partial charge in [0.2, 0.25) is 0 Å². The standard InChI is InChI=1S/C17H22IN3/c1-4-9-19-17-16(18)14(5-2)20-15(21-17)11-13-8-6-7-12(3)10-13/h6-8,10H,4-5,9,11H2,1-3H3,(H,19,20,21). The minimum atomic E-state index is 0.784. The van der Waals surface area contributed by atoms with Crippen LogP contribution in [0.15, 0.2) is 24.3 Å². The van der Waals surface area contributed by atoms with Gasteiger partial charge in [0.15, 0.2) is 0 Å². The minimum absolute atomic E-state index is 0.784. The summed E-state index contributed by atoms with van der Waals surface area (Å²) in [5.41, 5.74) is 3.67. The van der Waals surface area contributed by atoms with Crippen LogP contribution in [0.5, 0.6) is 0 Å². The second-order valence-electron chi connectivity index (χ2n) is 5.20. The van der Waals surface area contributed by atoms with E-state index in [1.54, 1.807) is 0 Å². The van der Waals surface area contributed by atoms with Gasteiger partial charge in [0.05, 0.1) is 9.26 Å². The first-order valence-electron chi connectivity index (χ1n) is 7.48. The molecule has 3 nitrogen and oxygen atoms in total. The lowest BCUT2D eigenvalue weighted by Gasteiger charge is -2.12. The molecule has 0 saturated carbocycles. The molecule has 1 aromatic carbocycles. The van der Waals surface area contributed by atoms with Crippen LogP contribution in [-0.4, -0.2) is 16.5 Å². The predicted molar refractivity (Wildman–Crippen MR) is 96.9 cm³/mol. The maximum absolute atomic E-state index is 4.73. The number of benzene rings is 1. The van der Waals surface area contributed by atoms with Crippen LogP contribution in [-0.2, 0) is 12.8 Å². The van der Waals surface area contributed by atoms with E-state index in [1.807, 2.05) is 0 Å². The molecular weight excluding hydrogens is 373 g/mol. The molecule has 1 aromatic heterocycles. The zero-order valence-electron chi connectivity index (χ0n) is 12.9. The van der Waals surface area contributed by atoms with Crippen molar-refractivity contribution in [2.75, 3.05) is 11.9 Å². The van der Waals surface area contributed by atoms with Gasteiger partial charge in [-0.25, -0.2) is 9.97 Å². The van der Waals surface area contributed by atoms with Crippen LogP contribution in [0.3, 0.4) is 0 Å². The van der Waals surface area contributed by atoms with E-state index < -0.39 is 0 Å². The molecule has 4 heteroatoms. The van der Waals surface area contributed by atoms with E-state index in [-0.39, 0.29) is 0 Å². The Kier molecular flexibility index (Phi) is 5.96. The topological polar surface area (TPSA) is 37.8 Å². The summed E-state index contributed by atoms with van der Waals surface area (Å²) in [6.45, 7) is 7.37. The highest BCUT2D eigenvalue weighted by Gasteiger charge is 2.11. The van der Waals surface area contributed by atoms with Crippen LogP contribution < -0.4 is 5.32 Å². The van der Waals surface area contributed by atoms with E-state index in [4.69, 9.17) is 9.97 Å². The lowest BCUT2D eigenvalue weighted by atomic mass is 10.1. The fraction of sp³-hybridized carbons (Fsp3) is 0.412. The quantitative estimate of drug-likeness (QED) is 0.739. The lowest BCUT2D eigenvalue weighted by molar-refractivity contribution is 0.882. The monoisotopic (exact) mass is 395 g/mol. The van der Waals surface area contributed by atoms with Crippen molar-refractivity contribution in [1.82, 2.24) is 9.97 Å². The number of aromatic nitrogens is 2. The van der Waals surface area contributed by atoms with E-state index in [0.717, 1.165) is 46.7 Å². The molecule has 0 radical (unpaired) electrons. The Morgan fingerprint density at radius 2 is 2.00 bits per heavy atom. The molecule has 0 aliphatic heterocycles. The molecule has 2 aromatic rings. The highest BCUT2D eigenvalue weighted by atomic mass is 127. The Bertz CT molecular complexity index is 611. The molecule has 2 rings (SSSR count). The van der Waals surface area contributed by atoms with Gasteiger partial charge in [0.25, 0.3) is 0 Å². The van der Waals surface area contributed by atoms with Gasteiger partial charge in [-0.1, -0.05) is 43.7 Å². The molecule has 0 bridgehead atoms. The largest absolute Gasteiger partial charge is 0.369 e. The highest BCUT2D eigenvalue weighted by Crippen LogP contribution is 2.21. The van der Waals surface area contributed by atoms with Crippen molar-refractivity contribution < 1.29 is 0 Å². The summed E-state index contributed by atoms with van der Waals surface area (Å²) in [7, 11) is 0. The third-order valence-electron chi connectivity index (χ3n) is 3.29. The number of hydrogen-bond acceptors (Lipinski definition) is 3. The predicted octanol–water partition coefficient (Wildman–Crippen LogP) is 4.36. The van der Waals surface area contributed by atoms with Gasteiger partial charge >= 0.3 is 0 Å². The first-order valence-corrected chi connectivity index (χ1v) is 8.56. The average molecular weight is 395 g/mol.